The zero-order valence-electron chi connectivity index (χ0n) is 14.4. The van der Waals surface area contributed by atoms with Crippen molar-refractivity contribution in [2.45, 2.75) is 19.0 Å². The van der Waals surface area contributed by atoms with Crippen LogP contribution in [0.3, 0.4) is 0 Å². The van der Waals surface area contributed by atoms with Crippen molar-refractivity contribution < 1.29 is 9.59 Å². The van der Waals surface area contributed by atoms with Crippen molar-refractivity contribution in [3.8, 4) is 0 Å². The van der Waals surface area contributed by atoms with E-state index in [1.807, 2.05) is 36.8 Å². The number of nitrogens with two attached hydrogens (primary N) is 1. The van der Waals surface area contributed by atoms with Gasteiger partial charge in [-0.15, -0.1) is 24.8 Å². The van der Waals surface area contributed by atoms with E-state index in [4.69, 9.17) is 5.73 Å². The average Bonchev–Trinajstić information content (AvgIpc) is 2.49. The van der Waals surface area contributed by atoms with Gasteiger partial charge in [-0.2, -0.15) is 11.8 Å². The fraction of sp³-hybridized carbons (Fsp3) is 0.500. The number of primary amides is 1. The summed E-state index contributed by atoms with van der Waals surface area (Å²) in [6.45, 7) is 1.61. The SMILES string of the molecule is CN(C)Cc1ccc(C(N)=O)cc1NC(=O)CC1CSCCN1.Cl.Cl. The molecule has 1 aliphatic rings. The zero-order chi connectivity index (χ0) is 16.8. The van der Waals surface area contributed by atoms with Gasteiger partial charge in [0, 0.05) is 48.3 Å². The largest absolute Gasteiger partial charge is 0.366 e. The number of hydrogen-bond acceptors (Lipinski definition) is 5. The van der Waals surface area contributed by atoms with Crippen LogP contribution in [-0.2, 0) is 11.3 Å². The maximum absolute atomic E-state index is 12.3. The Hall–Kier alpha value is -0.990. The van der Waals surface area contributed by atoms with Crippen molar-refractivity contribution in [3.63, 3.8) is 0 Å². The second kappa shape index (κ2) is 11.6. The zero-order valence-corrected chi connectivity index (χ0v) is 16.9. The predicted octanol–water partition coefficient (Wildman–Crippen LogP) is 1.72. The minimum absolute atomic E-state index is 0. The van der Waals surface area contributed by atoms with Gasteiger partial charge in [0.2, 0.25) is 11.8 Å². The summed E-state index contributed by atoms with van der Waals surface area (Å²) in [4.78, 5) is 25.7. The smallest absolute Gasteiger partial charge is 0.248 e. The molecule has 4 N–H and O–H groups in total. The molecular formula is C16H26Cl2N4O2S. The van der Waals surface area contributed by atoms with E-state index in [2.05, 4.69) is 10.6 Å². The maximum Gasteiger partial charge on any atom is 0.248 e. The van der Waals surface area contributed by atoms with Crippen LogP contribution in [0.1, 0.15) is 22.3 Å². The molecule has 0 aromatic heterocycles. The first-order valence-electron chi connectivity index (χ1n) is 7.64. The first kappa shape index (κ1) is 24.0. The molecule has 6 nitrogen and oxygen atoms in total. The topological polar surface area (TPSA) is 87.5 Å². The third-order valence-corrected chi connectivity index (χ3v) is 4.72. The molecule has 0 radical (unpaired) electrons. The Morgan fingerprint density at radius 1 is 1.36 bits per heavy atom. The summed E-state index contributed by atoms with van der Waals surface area (Å²) >= 11 is 1.86. The van der Waals surface area contributed by atoms with E-state index < -0.39 is 5.91 Å². The summed E-state index contributed by atoms with van der Waals surface area (Å²) in [5, 5.41) is 6.28. The van der Waals surface area contributed by atoms with E-state index in [1.165, 1.54) is 0 Å². The fourth-order valence-corrected chi connectivity index (χ4v) is 3.45. The summed E-state index contributed by atoms with van der Waals surface area (Å²) in [5.74, 6) is 1.49. The second-order valence-corrected chi connectivity index (χ2v) is 7.10. The molecular weight excluding hydrogens is 383 g/mol. The lowest BCUT2D eigenvalue weighted by atomic mass is 10.1. The molecule has 25 heavy (non-hydrogen) atoms. The maximum atomic E-state index is 12.3. The number of carbonyl (C=O) groups is 2. The number of halogens is 2. The average molecular weight is 409 g/mol. The lowest BCUT2D eigenvalue weighted by molar-refractivity contribution is -0.116. The number of anilines is 1. The van der Waals surface area contributed by atoms with Crippen LogP contribution in [0.4, 0.5) is 5.69 Å². The van der Waals surface area contributed by atoms with Crippen molar-refractivity contribution in [2.24, 2.45) is 5.73 Å². The van der Waals surface area contributed by atoms with Crippen LogP contribution in [-0.4, -0.2) is 54.9 Å². The van der Waals surface area contributed by atoms with Gasteiger partial charge < -0.3 is 21.3 Å². The molecule has 2 rings (SSSR count). The van der Waals surface area contributed by atoms with Gasteiger partial charge in [0.25, 0.3) is 0 Å². The number of amides is 2. The molecule has 0 spiro atoms. The minimum Gasteiger partial charge on any atom is -0.366 e. The summed E-state index contributed by atoms with van der Waals surface area (Å²) in [7, 11) is 3.91. The molecule has 1 aliphatic heterocycles. The van der Waals surface area contributed by atoms with Crippen molar-refractivity contribution in [1.29, 1.82) is 0 Å². The van der Waals surface area contributed by atoms with Crippen molar-refractivity contribution >= 4 is 54.1 Å². The van der Waals surface area contributed by atoms with Gasteiger partial charge in [-0.3, -0.25) is 9.59 Å². The Morgan fingerprint density at radius 3 is 2.64 bits per heavy atom. The Labute approximate surface area is 165 Å². The molecule has 0 aliphatic carbocycles. The molecule has 1 aromatic carbocycles. The number of nitrogens with zero attached hydrogens (tertiary/aromatic N) is 1. The van der Waals surface area contributed by atoms with Crippen LogP contribution in [0.2, 0.25) is 0 Å². The number of nitrogens with one attached hydrogen (secondary N) is 2. The molecule has 1 atom stereocenters. The minimum atomic E-state index is -0.498. The van der Waals surface area contributed by atoms with Crippen molar-refractivity contribution in [2.75, 3.05) is 37.5 Å². The number of hydrogen-bond donors (Lipinski definition) is 3. The molecule has 1 unspecified atom stereocenters. The Balaban J connectivity index is 0.00000288. The highest BCUT2D eigenvalue weighted by Crippen LogP contribution is 2.20. The highest BCUT2D eigenvalue weighted by Gasteiger charge is 2.18. The molecule has 0 bridgehead atoms. The van der Waals surface area contributed by atoms with Crippen LogP contribution in [0, 0.1) is 0 Å². The van der Waals surface area contributed by atoms with Crippen LogP contribution in [0.5, 0.6) is 0 Å². The van der Waals surface area contributed by atoms with Crippen LogP contribution in [0.25, 0.3) is 0 Å². The first-order chi connectivity index (χ1) is 11.0. The molecule has 0 saturated carbocycles. The Bertz CT molecular complexity index is 581. The van der Waals surface area contributed by atoms with E-state index in [1.54, 1.807) is 12.1 Å². The molecule has 2 amide bonds. The van der Waals surface area contributed by atoms with E-state index in [0.717, 1.165) is 23.6 Å². The molecule has 142 valence electrons. The summed E-state index contributed by atoms with van der Waals surface area (Å²) in [6, 6.07) is 5.38. The van der Waals surface area contributed by atoms with Crippen LogP contribution >= 0.6 is 36.6 Å². The van der Waals surface area contributed by atoms with Crippen LogP contribution in [0.15, 0.2) is 18.2 Å². The fourth-order valence-electron chi connectivity index (χ4n) is 2.50. The van der Waals surface area contributed by atoms with Gasteiger partial charge in [-0.1, -0.05) is 6.07 Å². The highest BCUT2D eigenvalue weighted by molar-refractivity contribution is 7.99. The summed E-state index contributed by atoms with van der Waals surface area (Å²) < 4.78 is 0. The van der Waals surface area contributed by atoms with E-state index >= 15 is 0 Å². The Kier molecular flexibility index (Phi) is 11.1. The predicted molar refractivity (Wildman–Crippen MR) is 109 cm³/mol. The molecule has 1 saturated heterocycles. The van der Waals surface area contributed by atoms with E-state index in [0.29, 0.717) is 24.2 Å². The highest BCUT2D eigenvalue weighted by atomic mass is 35.5. The normalized spacial score (nSPS) is 16.5. The number of carbonyl (C=O) groups excluding carboxylic acids is 2. The summed E-state index contributed by atoms with van der Waals surface area (Å²) in [6.07, 6.45) is 0.426. The standard InChI is InChI=1S/C16H24N4O2S.2ClH/c1-20(2)9-12-4-3-11(16(17)22)7-14(12)19-15(21)8-13-10-23-6-5-18-13;;/h3-4,7,13,18H,5-6,8-10H2,1-2H3,(H2,17,22)(H,19,21);2*1H. The van der Waals surface area contributed by atoms with Crippen molar-refractivity contribution in [1.82, 2.24) is 10.2 Å². The third kappa shape index (κ3) is 7.83. The lowest BCUT2D eigenvalue weighted by Crippen LogP contribution is -2.40. The lowest BCUT2D eigenvalue weighted by Gasteiger charge is -2.23. The summed E-state index contributed by atoms with van der Waals surface area (Å²) in [5.41, 5.74) is 7.35. The number of rotatable bonds is 6. The number of benzene rings is 1. The van der Waals surface area contributed by atoms with Gasteiger partial charge in [0.05, 0.1) is 0 Å². The Morgan fingerprint density at radius 2 is 2.08 bits per heavy atom. The van der Waals surface area contributed by atoms with Crippen LogP contribution < -0.4 is 16.4 Å². The quantitative estimate of drug-likeness (QED) is 0.666. The van der Waals surface area contributed by atoms with E-state index in [9.17, 15) is 9.59 Å². The van der Waals surface area contributed by atoms with Gasteiger partial charge in [0.15, 0.2) is 0 Å². The molecule has 1 fully saturated rings. The van der Waals surface area contributed by atoms with Gasteiger partial charge in [0.1, 0.15) is 0 Å². The molecule has 1 heterocycles. The third-order valence-electron chi connectivity index (χ3n) is 3.59. The second-order valence-electron chi connectivity index (χ2n) is 5.95. The molecule has 9 heteroatoms. The van der Waals surface area contributed by atoms with Gasteiger partial charge in [-0.05, 0) is 31.8 Å². The van der Waals surface area contributed by atoms with E-state index in [-0.39, 0.29) is 36.8 Å². The van der Waals surface area contributed by atoms with Crippen molar-refractivity contribution in [3.05, 3.63) is 29.3 Å². The molecule has 1 aromatic rings. The van der Waals surface area contributed by atoms with Gasteiger partial charge in [-0.25, -0.2) is 0 Å². The van der Waals surface area contributed by atoms with Gasteiger partial charge >= 0.3 is 0 Å². The monoisotopic (exact) mass is 408 g/mol. The first-order valence-corrected chi connectivity index (χ1v) is 8.79. The number of thioether (sulfide) groups is 1.